The van der Waals surface area contributed by atoms with Crippen LogP contribution in [0.5, 0.6) is 0 Å². The van der Waals surface area contributed by atoms with Crippen LogP contribution in [-0.4, -0.2) is 12.0 Å². The lowest BCUT2D eigenvalue weighted by Gasteiger charge is -2.00. The second-order valence-corrected chi connectivity index (χ2v) is 3.74. The van der Waals surface area contributed by atoms with Gasteiger partial charge in [-0.1, -0.05) is 6.07 Å². The first-order valence-corrected chi connectivity index (χ1v) is 5.18. The molecule has 0 aliphatic heterocycles. The smallest absolute Gasteiger partial charge is 0.182 e. The van der Waals surface area contributed by atoms with Gasteiger partial charge in [0.05, 0.1) is 11.3 Å². The highest BCUT2D eigenvalue weighted by atomic mass is 32.1. The Kier molecular flexibility index (Phi) is 2.64. The zero-order valence-electron chi connectivity index (χ0n) is 7.92. The van der Waals surface area contributed by atoms with Gasteiger partial charge < -0.3 is 5.32 Å². The van der Waals surface area contributed by atoms with E-state index in [4.69, 9.17) is 0 Å². The average molecular weight is 226 g/mol. The van der Waals surface area contributed by atoms with Crippen LogP contribution in [0, 0.1) is 11.6 Å². The van der Waals surface area contributed by atoms with Gasteiger partial charge in [0.25, 0.3) is 0 Å². The number of nitrogens with one attached hydrogen (secondary N) is 1. The Morgan fingerprint density at radius 3 is 2.47 bits per heavy atom. The highest BCUT2D eigenvalue weighted by Gasteiger charge is 2.13. The van der Waals surface area contributed by atoms with Crippen LogP contribution in [0.25, 0.3) is 11.3 Å². The SMILES string of the molecule is CNc1nc(-c2c(F)cccc2F)cs1. The molecule has 1 heterocycles. The maximum absolute atomic E-state index is 13.4. The van der Waals surface area contributed by atoms with Gasteiger partial charge in [-0.15, -0.1) is 11.3 Å². The number of hydrogen-bond acceptors (Lipinski definition) is 3. The van der Waals surface area contributed by atoms with E-state index in [2.05, 4.69) is 10.3 Å². The maximum Gasteiger partial charge on any atom is 0.182 e. The molecule has 0 unspecified atom stereocenters. The summed E-state index contributed by atoms with van der Waals surface area (Å²) in [5.41, 5.74) is 0.246. The molecule has 0 bridgehead atoms. The van der Waals surface area contributed by atoms with Crippen molar-refractivity contribution in [2.24, 2.45) is 0 Å². The van der Waals surface area contributed by atoms with Crippen LogP contribution >= 0.6 is 11.3 Å². The molecule has 0 atom stereocenters. The third-order valence-corrected chi connectivity index (χ3v) is 2.80. The van der Waals surface area contributed by atoms with Crippen molar-refractivity contribution >= 4 is 16.5 Å². The molecule has 0 saturated carbocycles. The van der Waals surface area contributed by atoms with Crippen molar-refractivity contribution < 1.29 is 8.78 Å². The van der Waals surface area contributed by atoms with E-state index < -0.39 is 11.6 Å². The van der Waals surface area contributed by atoms with Gasteiger partial charge in [-0.2, -0.15) is 0 Å². The normalized spacial score (nSPS) is 10.3. The van der Waals surface area contributed by atoms with Crippen LogP contribution in [0.15, 0.2) is 23.6 Å². The first-order valence-electron chi connectivity index (χ1n) is 4.30. The van der Waals surface area contributed by atoms with E-state index in [-0.39, 0.29) is 5.56 Å². The largest absolute Gasteiger partial charge is 0.365 e. The molecule has 2 nitrogen and oxygen atoms in total. The van der Waals surface area contributed by atoms with E-state index in [1.807, 2.05) is 0 Å². The monoisotopic (exact) mass is 226 g/mol. The van der Waals surface area contributed by atoms with Crippen LogP contribution in [0.2, 0.25) is 0 Å². The minimum atomic E-state index is -0.594. The van der Waals surface area contributed by atoms with Crippen LogP contribution in [0.1, 0.15) is 0 Å². The van der Waals surface area contributed by atoms with Gasteiger partial charge in [-0.25, -0.2) is 13.8 Å². The van der Waals surface area contributed by atoms with Gasteiger partial charge in [0, 0.05) is 12.4 Å². The Morgan fingerprint density at radius 1 is 1.27 bits per heavy atom. The quantitative estimate of drug-likeness (QED) is 0.851. The molecule has 78 valence electrons. The second-order valence-electron chi connectivity index (χ2n) is 2.88. The molecule has 2 rings (SSSR count). The minimum Gasteiger partial charge on any atom is -0.365 e. The summed E-state index contributed by atoms with van der Waals surface area (Å²) in [7, 11) is 1.71. The van der Waals surface area contributed by atoms with Crippen LogP contribution < -0.4 is 5.32 Å². The maximum atomic E-state index is 13.4. The molecular formula is C10H8F2N2S. The summed E-state index contributed by atoms with van der Waals surface area (Å²) in [6, 6.07) is 3.77. The van der Waals surface area contributed by atoms with E-state index in [1.165, 1.54) is 29.5 Å². The van der Waals surface area contributed by atoms with Crippen molar-refractivity contribution in [3.63, 3.8) is 0 Å². The Labute approximate surface area is 89.6 Å². The van der Waals surface area contributed by atoms with Crippen molar-refractivity contribution in [1.29, 1.82) is 0 Å². The molecule has 0 radical (unpaired) electrons. The topological polar surface area (TPSA) is 24.9 Å². The molecule has 1 aromatic heterocycles. The first kappa shape index (κ1) is 10.0. The van der Waals surface area contributed by atoms with Crippen molar-refractivity contribution in [3.8, 4) is 11.3 Å². The minimum absolute atomic E-state index is 0.0738. The Bertz CT molecular complexity index is 462. The number of anilines is 1. The molecule has 0 aliphatic carbocycles. The predicted octanol–water partition coefficient (Wildman–Crippen LogP) is 3.13. The van der Waals surface area contributed by atoms with Crippen molar-refractivity contribution in [1.82, 2.24) is 4.98 Å². The number of rotatable bonds is 2. The lowest BCUT2D eigenvalue weighted by molar-refractivity contribution is 0.589. The fraction of sp³-hybridized carbons (Fsp3) is 0.100. The summed E-state index contributed by atoms with van der Waals surface area (Å²) in [4.78, 5) is 4.05. The molecule has 1 N–H and O–H groups in total. The molecule has 2 aromatic rings. The van der Waals surface area contributed by atoms with E-state index in [1.54, 1.807) is 12.4 Å². The first-order chi connectivity index (χ1) is 7.22. The highest BCUT2D eigenvalue weighted by molar-refractivity contribution is 7.14. The Hall–Kier alpha value is -1.49. The molecule has 0 spiro atoms. The van der Waals surface area contributed by atoms with Crippen molar-refractivity contribution in [2.45, 2.75) is 0 Å². The number of halogens is 2. The van der Waals surface area contributed by atoms with Crippen LogP contribution in [-0.2, 0) is 0 Å². The number of benzene rings is 1. The standard InChI is InChI=1S/C10H8F2N2S/c1-13-10-14-8(5-15-10)9-6(11)3-2-4-7(9)12/h2-5H,1H3,(H,13,14). The summed E-state index contributed by atoms with van der Waals surface area (Å²) >= 11 is 1.31. The zero-order chi connectivity index (χ0) is 10.8. The van der Waals surface area contributed by atoms with Gasteiger partial charge in [-0.05, 0) is 12.1 Å². The molecule has 0 fully saturated rings. The van der Waals surface area contributed by atoms with Crippen molar-refractivity contribution in [2.75, 3.05) is 12.4 Å². The van der Waals surface area contributed by atoms with E-state index in [0.717, 1.165) is 0 Å². The van der Waals surface area contributed by atoms with E-state index in [0.29, 0.717) is 10.8 Å². The fourth-order valence-corrected chi connectivity index (χ4v) is 1.91. The van der Waals surface area contributed by atoms with Gasteiger partial charge in [0.15, 0.2) is 5.13 Å². The second kappa shape index (κ2) is 3.94. The average Bonchev–Trinajstić information content (AvgIpc) is 2.66. The van der Waals surface area contributed by atoms with Crippen molar-refractivity contribution in [3.05, 3.63) is 35.2 Å². The van der Waals surface area contributed by atoms with Crippen LogP contribution in [0.3, 0.4) is 0 Å². The Morgan fingerprint density at radius 2 is 1.93 bits per heavy atom. The number of aromatic nitrogens is 1. The zero-order valence-corrected chi connectivity index (χ0v) is 8.74. The highest BCUT2D eigenvalue weighted by Crippen LogP contribution is 2.28. The molecule has 0 saturated heterocycles. The predicted molar refractivity (Wildman–Crippen MR) is 57.0 cm³/mol. The molecule has 5 heteroatoms. The number of hydrogen-bond donors (Lipinski definition) is 1. The number of thiazole rings is 1. The molecule has 0 amide bonds. The third-order valence-electron chi connectivity index (χ3n) is 1.94. The summed E-state index contributed by atoms with van der Waals surface area (Å²) in [6.45, 7) is 0. The molecule has 15 heavy (non-hydrogen) atoms. The van der Waals surface area contributed by atoms with Gasteiger partial charge in [-0.3, -0.25) is 0 Å². The van der Waals surface area contributed by atoms with E-state index >= 15 is 0 Å². The van der Waals surface area contributed by atoms with E-state index in [9.17, 15) is 8.78 Å². The summed E-state index contributed by atoms with van der Waals surface area (Å²) in [5.74, 6) is -1.19. The fourth-order valence-electron chi connectivity index (χ4n) is 1.25. The Balaban J connectivity index is 2.53. The summed E-state index contributed by atoms with van der Waals surface area (Å²) in [6.07, 6.45) is 0. The third kappa shape index (κ3) is 1.83. The van der Waals surface area contributed by atoms with Crippen LogP contribution in [0.4, 0.5) is 13.9 Å². The summed E-state index contributed by atoms with van der Waals surface area (Å²) < 4.78 is 26.7. The van der Waals surface area contributed by atoms with Gasteiger partial charge >= 0.3 is 0 Å². The lowest BCUT2D eigenvalue weighted by atomic mass is 10.1. The van der Waals surface area contributed by atoms with Gasteiger partial charge in [0.2, 0.25) is 0 Å². The van der Waals surface area contributed by atoms with Gasteiger partial charge in [0.1, 0.15) is 11.6 Å². The lowest BCUT2D eigenvalue weighted by Crippen LogP contribution is -1.91. The summed E-state index contributed by atoms with van der Waals surface area (Å²) in [5, 5.41) is 5.07. The molecule has 1 aromatic carbocycles. The molecular weight excluding hydrogens is 218 g/mol. The molecule has 0 aliphatic rings. The number of nitrogens with zero attached hydrogens (tertiary/aromatic N) is 1.